The molecule has 3 aromatic carbocycles. The van der Waals surface area contributed by atoms with Crippen molar-refractivity contribution in [1.29, 1.82) is 0 Å². The van der Waals surface area contributed by atoms with E-state index >= 15 is 0 Å². The summed E-state index contributed by atoms with van der Waals surface area (Å²) < 4.78 is 1.98. The topological polar surface area (TPSA) is 30.7 Å². The molecule has 6 rings (SSSR count). The van der Waals surface area contributed by atoms with E-state index in [1.54, 1.807) is 0 Å². The summed E-state index contributed by atoms with van der Waals surface area (Å²) in [6.07, 6.45) is 1.92. The van der Waals surface area contributed by atoms with Crippen molar-refractivity contribution in [1.82, 2.24) is 14.8 Å². The van der Waals surface area contributed by atoms with Crippen LogP contribution in [0.5, 0.6) is 0 Å². The number of halogens is 1. The number of pyridine rings is 1. The van der Waals surface area contributed by atoms with Crippen LogP contribution in [0, 0.1) is 6.92 Å². The third-order valence-corrected chi connectivity index (χ3v) is 6.37. The maximum Gasteiger partial charge on any atom is 0.164 e. The second-order valence-corrected chi connectivity index (χ2v) is 8.44. The number of nitrogens with zero attached hydrogens (tertiary/aromatic N) is 3. The highest BCUT2D eigenvalue weighted by atomic mass is 35.5. The van der Waals surface area contributed by atoms with Crippen LogP contribution < -0.4 is 0 Å². The Labute approximate surface area is 186 Å². The molecule has 4 heteroatoms. The second kappa shape index (κ2) is 7.07. The number of benzene rings is 3. The van der Waals surface area contributed by atoms with E-state index in [2.05, 4.69) is 55.5 Å². The molecule has 2 heterocycles. The van der Waals surface area contributed by atoms with Gasteiger partial charge in [-0.1, -0.05) is 66.2 Å². The zero-order valence-electron chi connectivity index (χ0n) is 17.1. The summed E-state index contributed by atoms with van der Waals surface area (Å²) in [4.78, 5) is 5.19. The van der Waals surface area contributed by atoms with Crippen molar-refractivity contribution in [2.24, 2.45) is 0 Å². The van der Waals surface area contributed by atoms with Crippen molar-refractivity contribution in [3.05, 3.63) is 101 Å². The molecule has 0 spiro atoms. The van der Waals surface area contributed by atoms with Crippen LogP contribution in [-0.2, 0) is 12.8 Å². The molecule has 0 N–H and O–H groups in total. The van der Waals surface area contributed by atoms with Crippen molar-refractivity contribution >= 4 is 22.6 Å². The standard InChI is InChI=1S/C27H20ClN3/c1-17-24-25(19-11-14-20(28)15-12-19)26-22-10-6-5-7-18(22)13-16-23(26)29-27(24)31(30-17)21-8-3-2-4-9-21/h2-12,14-15H,13,16H2,1H3. The maximum absolute atomic E-state index is 6.23. The summed E-state index contributed by atoms with van der Waals surface area (Å²) in [6.45, 7) is 2.07. The highest BCUT2D eigenvalue weighted by Gasteiger charge is 2.26. The van der Waals surface area contributed by atoms with Gasteiger partial charge in [-0.15, -0.1) is 0 Å². The lowest BCUT2D eigenvalue weighted by molar-refractivity contribution is 0.859. The first-order chi connectivity index (χ1) is 15.2. The molecule has 150 valence electrons. The molecule has 0 radical (unpaired) electrons. The molecule has 31 heavy (non-hydrogen) atoms. The van der Waals surface area contributed by atoms with Gasteiger partial charge in [0, 0.05) is 16.1 Å². The van der Waals surface area contributed by atoms with Gasteiger partial charge < -0.3 is 0 Å². The molecule has 0 saturated carbocycles. The van der Waals surface area contributed by atoms with E-state index in [1.165, 1.54) is 22.3 Å². The summed E-state index contributed by atoms with van der Waals surface area (Å²) in [5.41, 5.74) is 10.2. The monoisotopic (exact) mass is 421 g/mol. The maximum atomic E-state index is 6.23. The largest absolute Gasteiger partial charge is 0.232 e. The quantitative estimate of drug-likeness (QED) is 0.313. The zero-order chi connectivity index (χ0) is 20.9. The van der Waals surface area contributed by atoms with Crippen LogP contribution in [0.4, 0.5) is 0 Å². The average molecular weight is 422 g/mol. The molecular formula is C27H20ClN3. The molecule has 5 aromatic rings. The predicted octanol–water partition coefficient (Wildman–Crippen LogP) is 6.81. The fourth-order valence-corrected chi connectivity index (χ4v) is 4.85. The van der Waals surface area contributed by atoms with Crippen LogP contribution in [0.15, 0.2) is 78.9 Å². The Hall–Kier alpha value is -3.43. The number of rotatable bonds is 2. The van der Waals surface area contributed by atoms with Gasteiger partial charge in [-0.25, -0.2) is 9.67 Å². The lowest BCUT2D eigenvalue weighted by Crippen LogP contribution is -2.09. The van der Waals surface area contributed by atoms with E-state index in [1.807, 2.05) is 35.0 Å². The highest BCUT2D eigenvalue weighted by molar-refractivity contribution is 6.30. The van der Waals surface area contributed by atoms with E-state index in [9.17, 15) is 0 Å². The van der Waals surface area contributed by atoms with Gasteiger partial charge in [0.1, 0.15) is 0 Å². The normalized spacial score (nSPS) is 12.6. The number of aromatic nitrogens is 3. The fraction of sp³-hybridized carbons (Fsp3) is 0.111. The molecule has 2 aromatic heterocycles. The molecule has 0 aliphatic heterocycles. The Morgan fingerprint density at radius 3 is 2.35 bits per heavy atom. The van der Waals surface area contributed by atoms with Crippen molar-refractivity contribution in [2.75, 3.05) is 0 Å². The van der Waals surface area contributed by atoms with Crippen LogP contribution in [0.25, 0.3) is 39.0 Å². The van der Waals surface area contributed by atoms with E-state index in [0.29, 0.717) is 0 Å². The number of hydrogen-bond donors (Lipinski definition) is 0. The van der Waals surface area contributed by atoms with Gasteiger partial charge >= 0.3 is 0 Å². The summed E-state index contributed by atoms with van der Waals surface area (Å²) in [5.74, 6) is 0. The van der Waals surface area contributed by atoms with Crippen LogP contribution in [0.2, 0.25) is 5.02 Å². The van der Waals surface area contributed by atoms with Crippen LogP contribution in [0.3, 0.4) is 0 Å². The van der Waals surface area contributed by atoms with Crippen LogP contribution in [0.1, 0.15) is 17.0 Å². The summed E-state index contributed by atoms with van der Waals surface area (Å²) in [6, 6.07) is 27.1. The van der Waals surface area contributed by atoms with E-state index < -0.39 is 0 Å². The minimum Gasteiger partial charge on any atom is -0.232 e. The molecule has 0 bridgehead atoms. The minimum absolute atomic E-state index is 0.736. The van der Waals surface area contributed by atoms with Crippen LogP contribution >= 0.6 is 11.6 Å². The van der Waals surface area contributed by atoms with Crippen molar-refractivity contribution in [3.8, 4) is 27.9 Å². The van der Waals surface area contributed by atoms with E-state index in [-0.39, 0.29) is 0 Å². The smallest absolute Gasteiger partial charge is 0.164 e. The average Bonchev–Trinajstić information content (AvgIpc) is 3.15. The van der Waals surface area contributed by atoms with Gasteiger partial charge in [-0.3, -0.25) is 0 Å². The predicted molar refractivity (Wildman–Crippen MR) is 127 cm³/mol. The van der Waals surface area contributed by atoms with Crippen molar-refractivity contribution in [3.63, 3.8) is 0 Å². The van der Waals surface area contributed by atoms with Gasteiger partial charge in [0.15, 0.2) is 5.65 Å². The van der Waals surface area contributed by atoms with Crippen molar-refractivity contribution < 1.29 is 0 Å². The van der Waals surface area contributed by atoms with Gasteiger partial charge in [-0.2, -0.15) is 5.10 Å². The van der Waals surface area contributed by atoms with Gasteiger partial charge in [-0.05, 0) is 60.7 Å². The van der Waals surface area contributed by atoms with E-state index in [4.69, 9.17) is 21.7 Å². The van der Waals surface area contributed by atoms with Crippen molar-refractivity contribution in [2.45, 2.75) is 19.8 Å². The highest BCUT2D eigenvalue weighted by Crippen LogP contribution is 2.44. The van der Waals surface area contributed by atoms with Crippen LogP contribution in [-0.4, -0.2) is 14.8 Å². The molecule has 1 aliphatic rings. The zero-order valence-corrected chi connectivity index (χ0v) is 17.9. The second-order valence-electron chi connectivity index (χ2n) is 8.00. The SMILES string of the molecule is Cc1nn(-c2ccccc2)c2nc3c(c(-c4ccc(Cl)cc4)c12)-c1ccccc1CC3. The lowest BCUT2D eigenvalue weighted by atomic mass is 9.83. The first-order valence-corrected chi connectivity index (χ1v) is 10.9. The fourth-order valence-electron chi connectivity index (χ4n) is 4.72. The molecule has 0 fully saturated rings. The van der Waals surface area contributed by atoms with Gasteiger partial charge in [0.05, 0.1) is 22.5 Å². The first kappa shape index (κ1) is 18.3. The number of hydrogen-bond acceptors (Lipinski definition) is 2. The third-order valence-electron chi connectivity index (χ3n) is 6.12. The molecule has 1 aliphatic carbocycles. The molecular weight excluding hydrogens is 402 g/mol. The molecule has 0 saturated heterocycles. The van der Waals surface area contributed by atoms with Gasteiger partial charge in [0.2, 0.25) is 0 Å². The summed E-state index contributed by atoms with van der Waals surface area (Å²) >= 11 is 6.23. The Morgan fingerprint density at radius 1 is 0.806 bits per heavy atom. The summed E-state index contributed by atoms with van der Waals surface area (Å²) in [7, 11) is 0. The number of aryl methyl sites for hydroxylation is 3. The molecule has 0 unspecified atom stereocenters. The molecule has 0 amide bonds. The number of fused-ring (bicyclic) bond motifs is 4. The Morgan fingerprint density at radius 2 is 1.55 bits per heavy atom. The molecule has 0 atom stereocenters. The van der Waals surface area contributed by atoms with E-state index in [0.717, 1.165) is 51.5 Å². The Balaban J connectivity index is 1.76. The third kappa shape index (κ3) is 2.88. The lowest BCUT2D eigenvalue weighted by Gasteiger charge is -2.23. The molecule has 3 nitrogen and oxygen atoms in total. The van der Waals surface area contributed by atoms with Gasteiger partial charge in [0.25, 0.3) is 0 Å². The first-order valence-electron chi connectivity index (χ1n) is 10.5. The Kier molecular flexibility index (Phi) is 4.18. The summed E-state index contributed by atoms with van der Waals surface area (Å²) in [5, 5.41) is 6.75. The minimum atomic E-state index is 0.736. The number of para-hydroxylation sites is 1. The Bertz CT molecular complexity index is 1430.